The third-order valence-electron chi connectivity index (χ3n) is 3.07. The van der Waals surface area contributed by atoms with Crippen molar-refractivity contribution in [3.05, 3.63) is 52.9 Å². The number of nitrogens with one attached hydrogen (secondary N) is 1. The van der Waals surface area contributed by atoms with Gasteiger partial charge in [0.25, 0.3) is 5.91 Å². The molecular formula is C15H15F3N2O2. The molecular weight excluding hydrogens is 297 g/mol. The van der Waals surface area contributed by atoms with Crippen molar-refractivity contribution in [2.24, 2.45) is 0 Å². The van der Waals surface area contributed by atoms with Crippen LogP contribution in [0.25, 0.3) is 0 Å². The Bertz CT molecular complexity index is 646. The Balaban J connectivity index is 1.97. The maximum atomic E-state index is 12.4. The topological polar surface area (TPSA) is 55.1 Å². The maximum absolute atomic E-state index is 12.4. The van der Waals surface area contributed by atoms with Crippen LogP contribution in [0.2, 0.25) is 0 Å². The Morgan fingerprint density at radius 2 is 1.91 bits per heavy atom. The molecule has 1 amide bonds. The summed E-state index contributed by atoms with van der Waals surface area (Å²) in [5.74, 6) is 0.225. The number of hydrogen-bond acceptors (Lipinski definition) is 3. The highest BCUT2D eigenvalue weighted by Crippen LogP contribution is 2.29. The zero-order valence-corrected chi connectivity index (χ0v) is 12.1. The largest absolute Gasteiger partial charge is 0.416 e. The lowest BCUT2D eigenvalue weighted by Crippen LogP contribution is -2.22. The second kappa shape index (κ2) is 6.21. The van der Waals surface area contributed by atoms with Crippen LogP contribution in [0.3, 0.4) is 0 Å². The van der Waals surface area contributed by atoms with Crippen LogP contribution in [0.1, 0.15) is 47.1 Å². The molecule has 0 aliphatic carbocycles. The monoisotopic (exact) mass is 312 g/mol. The highest BCUT2D eigenvalue weighted by Gasteiger charge is 2.30. The van der Waals surface area contributed by atoms with Crippen LogP contribution in [0.4, 0.5) is 13.2 Å². The Morgan fingerprint density at radius 1 is 1.27 bits per heavy atom. The summed E-state index contributed by atoms with van der Waals surface area (Å²) in [5, 5.41) is 6.43. The maximum Gasteiger partial charge on any atom is 0.416 e. The third kappa shape index (κ3) is 3.87. The molecule has 22 heavy (non-hydrogen) atoms. The van der Waals surface area contributed by atoms with Crippen molar-refractivity contribution in [2.75, 3.05) is 0 Å². The van der Waals surface area contributed by atoms with Crippen LogP contribution in [-0.4, -0.2) is 11.1 Å². The predicted octanol–water partition coefficient (Wildman–Crippen LogP) is 3.75. The first-order valence-corrected chi connectivity index (χ1v) is 6.68. The summed E-state index contributed by atoms with van der Waals surface area (Å²) < 4.78 is 42.4. The van der Waals surface area contributed by atoms with Gasteiger partial charge in [0.1, 0.15) is 0 Å². The average molecular weight is 312 g/mol. The van der Waals surface area contributed by atoms with Gasteiger partial charge in [0.2, 0.25) is 0 Å². The fraction of sp³-hybridized carbons (Fsp3) is 0.333. The number of alkyl halides is 3. The molecule has 0 fully saturated rings. The van der Waals surface area contributed by atoms with Gasteiger partial charge in [0.15, 0.2) is 5.76 Å². The minimum Gasteiger partial charge on any atom is -0.359 e. The summed E-state index contributed by atoms with van der Waals surface area (Å²) in [4.78, 5) is 11.9. The van der Waals surface area contributed by atoms with Crippen molar-refractivity contribution in [3.63, 3.8) is 0 Å². The number of nitrogens with zero attached hydrogens (tertiary/aromatic N) is 1. The van der Waals surface area contributed by atoms with Gasteiger partial charge in [-0.3, -0.25) is 4.79 Å². The van der Waals surface area contributed by atoms with E-state index in [0.29, 0.717) is 5.76 Å². The molecule has 0 radical (unpaired) electrons. The molecule has 118 valence electrons. The van der Waals surface area contributed by atoms with Crippen LogP contribution in [0.15, 0.2) is 34.9 Å². The highest BCUT2D eigenvalue weighted by molar-refractivity contribution is 5.94. The fourth-order valence-corrected chi connectivity index (χ4v) is 1.76. The number of amides is 1. The fourth-order valence-electron chi connectivity index (χ4n) is 1.76. The molecule has 0 bridgehead atoms. The molecule has 1 N–H and O–H groups in total. The van der Waals surface area contributed by atoms with Crippen molar-refractivity contribution >= 4 is 5.91 Å². The average Bonchev–Trinajstić information content (AvgIpc) is 2.93. The van der Waals surface area contributed by atoms with Crippen LogP contribution in [0.5, 0.6) is 0 Å². The van der Waals surface area contributed by atoms with Crippen LogP contribution < -0.4 is 5.32 Å². The number of aromatic nitrogens is 1. The van der Waals surface area contributed by atoms with Crippen molar-refractivity contribution in [1.29, 1.82) is 0 Å². The van der Waals surface area contributed by atoms with Crippen molar-refractivity contribution in [2.45, 2.75) is 32.5 Å². The molecule has 1 aromatic heterocycles. The van der Waals surface area contributed by atoms with E-state index in [9.17, 15) is 18.0 Å². The van der Waals surface area contributed by atoms with Gasteiger partial charge in [-0.2, -0.15) is 13.2 Å². The number of halogens is 3. The lowest BCUT2D eigenvalue weighted by Gasteiger charge is -2.07. The Morgan fingerprint density at radius 3 is 2.41 bits per heavy atom. The molecule has 1 heterocycles. The molecule has 7 heteroatoms. The van der Waals surface area contributed by atoms with E-state index in [-0.39, 0.29) is 18.0 Å². The van der Waals surface area contributed by atoms with Crippen molar-refractivity contribution < 1.29 is 22.5 Å². The Kier molecular flexibility index (Phi) is 4.54. The molecule has 0 aliphatic heterocycles. The molecule has 2 aromatic rings. The van der Waals surface area contributed by atoms with E-state index in [0.717, 1.165) is 30.0 Å². The summed E-state index contributed by atoms with van der Waals surface area (Å²) in [6, 6.07) is 5.76. The zero-order valence-electron chi connectivity index (χ0n) is 12.1. The molecule has 0 atom stereocenters. The predicted molar refractivity (Wildman–Crippen MR) is 73.2 cm³/mol. The van der Waals surface area contributed by atoms with Gasteiger partial charge in [0, 0.05) is 11.6 Å². The van der Waals surface area contributed by atoms with Crippen molar-refractivity contribution in [3.8, 4) is 0 Å². The molecule has 2 rings (SSSR count). The molecule has 4 nitrogen and oxygen atoms in total. The number of carbonyl (C=O) groups excluding carboxylic acids is 1. The van der Waals surface area contributed by atoms with Gasteiger partial charge in [0.05, 0.1) is 17.8 Å². The van der Waals surface area contributed by atoms with Gasteiger partial charge >= 0.3 is 6.18 Å². The Labute approximate surface area is 125 Å². The van der Waals surface area contributed by atoms with Crippen LogP contribution >= 0.6 is 0 Å². The molecule has 0 aliphatic rings. The van der Waals surface area contributed by atoms with E-state index in [1.807, 2.05) is 13.8 Å². The Hall–Kier alpha value is -2.31. The first kappa shape index (κ1) is 16.1. The second-order valence-electron chi connectivity index (χ2n) is 5.13. The minimum absolute atomic E-state index is 0.125. The van der Waals surface area contributed by atoms with E-state index < -0.39 is 17.6 Å². The van der Waals surface area contributed by atoms with Gasteiger partial charge < -0.3 is 9.84 Å². The van der Waals surface area contributed by atoms with Gasteiger partial charge in [-0.25, -0.2) is 0 Å². The quantitative estimate of drug-likeness (QED) is 0.935. The van der Waals surface area contributed by atoms with Crippen LogP contribution in [0, 0.1) is 0 Å². The molecule has 0 unspecified atom stereocenters. The smallest absolute Gasteiger partial charge is 0.359 e. The lowest BCUT2D eigenvalue weighted by molar-refractivity contribution is -0.137. The minimum atomic E-state index is -4.41. The van der Waals surface area contributed by atoms with Gasteiger partial charge in [-0.15, -0.1) is 0 Å². The van der Waals surface area contributed by atoms with Crippen LogP contribution in [-0.2, 0) is 12.7 Å². The summed E-state index contributed by atoms with van der Waals surface area (Å²) >= 11 is 0. The van der Waals surface area contributed by atoms with E-state index >= 15 is 0 Å². The highest BCUT2D eigenvalue weighted by atomic mass is 19.4. The summed E-state index contributed by atoms with van der Waals surface area (Å²) in [6.07, 6.45) is -4.41. The first-order valence-electron chi connectivity index (χ1n) is 6.68. The summed E-state index contributed by atoms with van der Waals surface area (Å²) in [7, 11) is 0. The summed E-state index contributed by atoms with van der Waals surface area (Å²) in [5.41, 5.74) is 0.135. The van der Waals surface area contributed by atoms with Crippen molar-refractivity contribution in [1.82, 2.24) is 10.5 Å². The molecule has 0 saturated heterocycles. The standard InChI is InChI=1S/C15H15F3N2O2/c1-9(2)13-7-12(22-20-13)8-19-14(21)10-3-5-11(6-4-10)15(16,17)18/h3-7,9H,8H2,1-2H3,(H,19,21). The van der Waals surface area contributed by atoms with Gasteiger partial charge in [-0.1, -0.05) is 19.0 Å². The van der Waals surface area contributed by atoms with E-state index in [1.54, 1.807) is 6.07 Å². The first-order chi connectivity index (χ1) is 10.3. The SMILES string of the molecule is CC(C)c1cc(CNC(=O)c2ccc(C(F)(F)F)cc2)on1. The van der Waals surface area contributed by atoms with E-state index in [1.165, 1.54) is 0 Å². The number of carbonyl (C=O) groups is 1. The molecule has 0 spiro atoms. The van der Waals surface area contributed by atoms with E-state index in [4.69, 9.17) is 4.52 Å². The molecule has 0 saturated carbocycles. The lowest BCUT2D eigenvalue weighted by atomic mass is 10.1. The third-order valence-corrected chi connectivity index (χ3v) is 3.07. The summed E-state index contributed by atoms with van der Waals surface area (Å²) in [6.45, 7) is 4.05. The number of rotatable bonds is 4. The zero-order chi connectivity index (χ0) is 16.3. The second-order valence-corrected chi connectivity index (χ2v) is 5.13. The normalized spacial score (nSPS) is 11.7. The van der Waals surface area contributed by atoms with Gasteiger partial charge in [-0.05, 0) is 30.2 Å². The molecule has 1 aromatic carbocycles. The number of benzene rings is 1. The van der Waals surface area contributed by atoms with E-state index in [2.05, 4.69) is 10.5 Å². The number of hydrogen-bond donors (Lipinski definition) is 1.